The van der Waals surface area contributed by atoms with Crippen LogP contribution in [0.1, 0.15) is 36.9 Å². The van der Waals surface area contributed by atoms with Gasteiger partial charge in [-0.15, -0.1) is 11.3 Å². The van der Waals surface area contributed by atoms with Crippen molar-refractivity contribution >= 4 is 11.3 Å². The van der Waals surface area contributed by atoms with Crippen LogP contribution in [-0.2, 0) is 6.54 Å². The molecule has 1 aliphatic heterocycles. The lowest BCUT2D eigenvalue weighted by molar-refractivity contribution is 0.119. The van der Waals surface area contributed by atoms with Crippen LogP contribution in [0.3, 0.4) is 0 Å². The summed E-state index contributed by atoms with van der Waals surface area (Å²) in [5, 5.41) is 3.32. The van der Waals surface area contributed by atoms with E-state index in [4.69, 9.17) is 5.73 Å². The fourth-order valence-electron chi connectivity index (χ4n) is 3.59. The molecule has 1 saturated heterocycles. The van der Waals surface area contributed by atoms with Crippen LogP contribution < -0.4 is 5.73 Å². The normalized spacial score (nSPS) is 31.4. The molecule has 3 rings (SSSR count). The highest BCUT2D eigenvalue weighted by Crippen LogP contribution is 2.39. The van der Waals surface area contributed by atoms with Crippen molar-refractivity contribution in [1.82, 2.24) is 14.8 Å². The number of nitrogens with two attached hydrogens (primary N) is 1. The molecule has 1 saturated carbocycles. The van der Waals surface area contributed by atoms with Gasteiger partial charge in [0.05, 0.1) is 10.7 Å². The molecule has 1 aliphatic carbocycles. The predicted molar refractivity (Wildman–Crippen MR) is 83.9 cm³/mol. The first-order chi connectivity index (χ1) is 9.54. The molecule has 2 unspecified atom stereocenters. The maximum Gasteiger partial charge on any atom is 0.0897 e. The van der Waals surface area contributed by atoms with Gasteiger partial charge in [0.1, 0.15) is 0 Å². The van der Waals surface area contributed by atoms with Crippen LogP contribution in [0.15, 0.2) is 5.38 Å². The third-order valence-electron chi connectivity index (χ3n) is 4.99. The van der Waals surface area contributed by atoms with Gasteiger partial charge in [-0.1, -0.05) is 0 Å². The van der Waals surface area contributed by atoms with E-state index in [0.29, 0.717) is 6.04 Å². The molecule has 0 amide bonds. The second kappa shape index (κ2) is 5.37. The summed E-state index contributed by atoms with van der Waals surface area (Å²) in [6.07, 6.45) is 3.93. The molecular formula is C15H26N4S. The van der Waals surface area contributed by atoms with Crippen molar-refractivity contribution in [3.8, 4) is 0 Å². The molecule has 0 bridgehead atoms. The molecule has 0 spiro atoms. The maximum absolute atomic E-state index is 6.19. The number of likely N-dealkylation sites (tertiary alicyclic amines) is 1. The van der Waals surface area contributed by atoms with Gasteiger partial charge in [0.2, 0.25) is 0 Å². The first kappa shape index (κ1) is 14.4. The summed E-state index contributed by atoms with van der Waals surface area (Å²) in [5.74, 6) is 0. The van der Waals surface area contributed by atoms with Gasteiger partial charge in [0, 0.05) is 42.6 Å². The highest BCUT2D eigenvalue weighted by atomic mass is 32.1. The quantitative estimate of drug-likeness (QED) is 0.900. The molecule has 5 heteroatoms. The van der Waals surface area contributed by atoms with E-state index in [1.165, 1.54) is 25.0 Å². The first-order valence-electron chi connectivity index (χ1n) is 7.62. The SMILES string of the molecule is Cc1nc(CN(C)C2(CN)CC(C)N(C3CC3)C2)cs1. The zero-order chi connectivity index (χ0) is 14.3. The van der Waals surface area contributed by atoms with Crippen molar-refractivity contribution < 1.29 is 0 Å². The van der Waals surface area contributed by atoms with Crippen molar-refractivity contribution in [3.05, 3.63) is 16.1 Å². The Morgan fingerprint density at radius 3 is 2.85 bits per heavy atom. The number of hydrogen-bond acceptors (Lipinski definition) is 5. The highest BCUT2D eigenvalue weighted by Gasteiger charge is 2.48. The number of thiazole rings is 1. The number of likely N-dealkylation sites (N-methyl/N-ethyl adjacent to an activating group) is 1. The van der Waals surface area contributed by atoms with E-state index in [-0.39, 0.29) is 5.54 Å². The fraction of sp³-hybridized carbons (Fsp3) is 0.800. The average molecular weight is 294 g/mol. The van der Waals surface area contributed by atoms with Crippen LogP contribution in [0.5, 0.6) is 0 Å². The van der Waals surface area contributed by atoms with Crippen LogP contribution in [0, 0.1) is 6.92 Å². The van der Waals surface area contributed by atoms with Crippen LogP contribution in [0.2, 0.25) is 0 Å². The largest absolute Gasteiger partial charge is 0.329 e. The van der Waals surface area contributed by atoms with E-state index in [2.05, 4.69) is 41.1 Å². The molecule has 2 N–H and O–H groups in total. The summed E-state index contributed by atoms with van der Waals surface area (Å²) in [6.45, 7) is 7.19. The van der Waals surface area contributed by atoms with Gasteiger partial charge >= 0.3 is 0 Å². The lowest BCUT2D eigenvalue weighted by Gasteiger charge is -2.37. The Morgan fingerprint density at radius 2 is 2.30 bits per heavy atom. The Labute approximate surface area is 126 Å². The zero-order valence-corrected chi connectivity index (χ0v) is 13.6. The summed E-state index contributed by atoms with van der Waals surface area (Å²) in [4.78, 5) is 9.72. The minimum atomic E-state index is 0.125. The molecule has 112 valence electrons. The van der Waals surface area contributed by atoms with E-state index >= 15 is 0 Å². The van der Waals surface area contributed by atoms with E-state index in [9.17, 15) is 0 Å². The number of hydrogen-bond donors (Lipinski definition) is 1. The molecule has 0 radical (unpaired) electrons. The molecule has 2 fully saturated rings. The first-order valence-corrected chi connectivity index (χ1v) is 8.50. The average Bonchev–Trinajstić information content (AvgIpc) is 3.09. The number of aromatic nitrogens is 1. The van der Waals surface area contributed by atoms with Crippen molar-refractivity contribution in [3.63, 3.8) is 0 Å². The summed E-state index contributed by atoms with van der Waals surface area (Å²) in [5.41, 5.74) is 7.49. The van der Waals surface area contributed by atoms with Gasteiger partial charge in [-0.05, 0) is 40.2 Å². The lowest BCUT2D eigenvalue weighted by atomic mass is 9.94. The lowest BCUT2D eigenvalue weighted by Crippen LogP contribution is -2.53. The van der Waals surface area contributed by atoms with Crippen molar-refractivity contribution in [2.75, 3.05) is 20.1 Å². The monoisotopic (exact) mass is 294 g/mol. The smallest absolute Gasteiger partial charge is 0.0897 e. The molecule has 0 aromatic carbocycles. The van der Waals surface area contributed by atoms with E-state index in [1.54, 1.807) is 11.3 Å². The number of aryl methyl sites for hydroxylation is 1. The summed E-state index contributed by atoms with van der Waals surface area (Å²) in [7, 11) is 2.21. The van der Waals surface area contributed by atoms with Crippen molar-refractivity contribution in [2.24, 2.45) is 5.73 Å². The fourth-order valence-corrected chi connectivity index (χ4v) is 4.20. The Bertz CT molecular complexity index is 470. The Hall–Kier alpha value is -0.490. The summed E-state index contributed by atoms with van der Waals surface area (Å²) in [6, 6.07) is 1.49. The molecule has 20 heavy (non-hydrogen) atoms. The van der Waals surface area contributed by atoms with E-state index < -0.39 is 0 Å². The molecule has 4 nitrogen and oxygen atoms in total. The van der Waals surface area contributed by atoms with Crippen LogP contribution in [-0.4, -0.2) is 52.5 Å². The van der Waals surface area contributed by atoms with Gasteiger partial charge in [-0.2, -0.15) is 0 Å². The van der Waals surface area contributed by atoms with Gasteiger partial charge in [-0.3, -0.25) is 9.80 Å². The maximum atomic E-state index is 6.19. The molecule has 1 aromatic rings. The summed E-state index contributed by atoms with van der Waals surface area (Å²) >= 11 is 1.73. The minimum absolute atomic E-state index is 0.125. The van der Waals surface area contributed by atoms with Gasteiger partial charge in [0.25, 0.3) is 0 Å². The van der Waals surface area contributed by atoms with Crippen molar-refractivity contribution in [2.45, 2.75) is 57.3 Å². The molecule has 1 aromatic heterocycles. The third kappa shape index (κ3) is 2.64. The Morgan fingerprint density at radius 1 is 1.55 bits per heavy atom. The van der Waals surface area contributed by atoms with Crippen molar-refractivity contribution in [1.29, 1.82) is 0 Å². The molecule has 2 aliphatic rings. The predicted octanol–water partition coefficient (Wildman–Crippen LogP) is 1.84. The molecule has 2 atom stereocenters. The molecular weight excluding hydrogens is 268 g/mol. The zero-order valence-electron chi connectivity index (χ0n) is 12.8. The standard InChI is InChI=1S/C15H26N4S/c1-11-6-15(9-16,10-19(11)14-4-5-14)18(3)7-13-8-20-12(2)17-13/h8,11,14H,4-7,9-10,16H2,1-3H3. The Balaban J connectivity index is 1.71. The number of rotatable bonds is 5. The Kier molecular flexibility index (Phi) is 3.88. The number of nitrogens with zero attached hydrogens (tertiary/aromatic N) is 3. The highest BCUT2D eigenvalue weighted by molar-refractivity contribution is 7.09. The van der Waals surface area contributed by atoms with Crippen LogP contribution in [0.4, 0.5) is 0 Å². The van der Waals surface area contributed by atoms with Crippen LogP contribution >= 0.6 is 11.3 Å². The second-order valence-corrected chi connectivity index (χ2v) is 7.66. The summed E-state index contributed by atoms with van der Waals surface area (Å²) < 4.78 is 0. The van der Waals surface area contributed by atoms with Gasteiger partial charge in [-0.25, -0.2) is 4.98 Å². The topological polar surface area (TPSA) is 45.4 Å². The molecule has 2 heterocycles. The van der Waals surface area contributed by atoms with Gasteiger partial charge < -0.3 is 5.73 Å². The minimum Gasteiger partial charge on any atom is -0.329 e. The second-order valence-electron chi connectivity index (χ2n) is 6.60. The third-order valence-corrected chi connectivity index (χ3v) is 5.81. The van der Waals surface area contributed by atoms with Crippen LogP contribution in [0.25, 0.3) is 0 Å². The van der Waals surface area contributed by atoms with E-state index in [0.717, 1.165) is 30.7 Å². The van der Waals surface area contributed by atoms with Gasteiger partial charge in [0.15, 0.2) is 0 Å². The van der Waals surface area contributed by atoms with E-state index in [1.807, 2.05) is 0 Å².